The Hall–Kier alpha value is -2.97. The molecule has 0 unspecified atom stereocenters. The molecule has 2 aromatic rings. The van der Waals surface area contributed by atoms with Gasteiger partial charge < -0.3 is 30.0 Å². The second kappa shape index (κ2) is 10.2. The number of carboxylic acid groups (broad SMARTS) is 1. The Kier molecular flexibility index (Phi) is 7.37. The van der Waals surface area contributed by atoms with Crippen molar-refractivity contribution >= 4 is 23.2 Å². The Morgan fingerprint density at radius 2 is 1.90 bits per heavy atom. The molecular formula is C22H27N3O5. The van der Waals surface area contributed by atoms with Gasteiger partial charge in [0.25, 0.3) is 0 Å². The summed E-state index contributed by atoms with van der Waals surface area (Å²) in [6.07, 6.45) is 2.45. The predicted octanol–water partition coefficient (Wildman–Crippen LogP) is 3.73. The van der Waals surface area contributed by atoms with Crippen molar-refractivity contribution in [3.63, 3.8) is 0 Å². The Morgan fingerprint density at radius 1 is 1.23 bits per heavy atom. The van der Waals surface area contributed by atoms with Crippen molar-refractivity contribution in [3.05, 3.63) is 47.7 Å². The number of carboxylic acids is 1. The molecular weight excluding hydrogens is 386 g/mol. The Bertz CT molecular complexity index is 878. The van der Waals surface area contributed by atoms with Gasteiger partial charge in [0, 0.05) is 37.6 Å². The molecule has 0 radical (unpaired) electrons. The standard InChI is InChI=1S/C22H27N3O5/c1-28-12-16(13-29-2)30-18-11-17(22(26)27)25-21(24-15-9-4-3-5-10-15)19(18)20(23)14-7-6-8-14/h3-5,9-11,14,16,23H,6-8,12-13H2,1-2H3,(H,24,25)(H,26,27). The number of ether oxygens (including phenoxy) is 3. The summed E-state index contributed by atoms with van der Waals surface area (Å²) in [7, 11) is 3.11. The van der Waals surface area contributed by atoms with E-state index in [0.717, 1.165) is 24.9 Å². The number of nitrogens with zero attached hydrogens (tertiary/aromatic N) is 1. The van der Waals surface area contributed by atoms with E-state index in [1.807, 2.05) is 30.3 Å². The van der Waals surface area contributed by atoms with E-state index >= 15 is 0 Å². The fourth-order valence-electron chi connectivity index (χ4n) is 3.30. The highest BCUT2D eigenvalue weighted by Crippen LogP contribution is 2.37. The average molecular weight is 413 g/mol. The number of carbonyl (C=O) groups is 1. The molecule has 0 saturated heterocycles. The molecule has 1 aliphatic carbocycles. The van der Waals surface area contributed by atoms with Crippen molar-refractivity contribution in [1.82, 2.24) is 4.98 Å². The first-order chi connectivity index (χ1) is 14.5. The van der Waals surface area contributed by atoms with Crippen LogP contribution in [-0.4, -0.2) is 55.3 Å². The van der Waals surface area contributed by atoms with Crippen LogP contribution in [0.25, 0.3) is 0 Å². The van der Waals surface area contributed by atoms with Gasteiger partial charge in [-0.1, -0.05) is 24.6 Å². The zero-order valence-corrected chi connectivity index (χ0v) is 17.2. The van der Waals surface area contributed by atoms with Crippen molar-refractivity contribution in [2.75, 3.05) is 32.8 Å². The van der Waals surface area contributed by atoms with Gasteiger partial charge in [-0.25, -0.2) is 9.78 Å². The van der Waals surface area contributed by atoms with Crippen molar-refractivity contribution in [1.29, 1.82) is 5.41 Å². The molecule has 1 aromatic heterocycles. The zero-order chi connectivity index (χ0) is 21.5. The van der Waals surface area contributed by atoms with Crippen LogP contribution in [0.3, 0.4) is 0 Å². The summed E-state index contributed by atoms with van der Waals surface area (Å²) in [5.41, 5.74) is 1.45. The maximum Gasteiger partial charge on any atom is 0.354 e. The third kappa shape index (κ3) is 5.14. The van der Waals surface area contributed by atoms with Crippen molar-refractivity contribution in [2.24, 2.45) is 5.92 Å². The SMILES string of the molecule is COCC(COC)Oc1cc(C(=O)O)nc(Nc2ccccc2)c1C(=N)C1CCC1. The summed E-state index contributed by atoms with van der Waals surface area (Å²) in [4.78, 5) is 16.0. The van der Waals surface area contributed by atoms with Crippen molar-refractivity contribution < 1.29 is 24.1 Å². The summed E-state index contributed by atoms with van der Waals surface area (Å²) in [6.45, 7) is 0.520. The van der Waals surface area contributed by atoms with Gasteiger partial charge in [0.2, 0.25) is 0 Å². The fourth-order valence-corrected chi connectivity index (χ4v) is 3.30. The van der Waals surface area contributed by atoms with Crippen LogP contribution in [0.1, 0.15) is 35.3 Å². The van der Waals surface area contributed by atoms with Crippen LogP contribution in [0.4, 0.5) is 11.5 Å². The Labute approximate surface area is 175 Å². The van der Waals surface area contributed by atoms with Gasteiger partial charge in [0.15, 0.2) is 5.69 Å². The van der Waals surface area contributed by atoms with Crippen LogP contribution >= 0.6 is 0 Å². The number of hydrogen-bond acceptors (Lipinski definition) is 7. The second-order valence-corrected chi connectivity index (χ2v) is 7.22. The maximum absolute atomic E-state index is 11.7. The van der Waals surface area contributed by atoms with Crippen molar-refractivity contribution in [2.45, 2.75) is 25.4 Å². The molecule has 1 saturated carbocycles. The van der Waals surface area contributed by atoms with E-state index in [1.54, 1.807) is 14.2 Å². The molecule has 8 heteroatoms. The molecule has 8 nitrogen and oxygen atoms in total. The van der Waals surface area contributed by atoms with E-state index in [1.165, 1.54) is 6.07 Å². The summed E-state index contributed by atoms with van der Waals surface area (Å²) < 4.78 is 16.5. The molecule has 0 spiro atoms. The topological polar surface area (TPSA) is 114 Å². The van der Waals surface area contributed by atoms with Crippen LogP contribution < -0.4 is 10.1 Å². The number of aromatic nitrogens is 1. The van der Waals surface area contributed by atoms with Gasteiger partial charge in [0.1, 0.15) is 17.7 Å². The molecule has 0 amide bonds. The van der Waals surface area contributed by atoms with Crippen LogP contribution in [-0.2, 0) is 9.47 Å². The summed E-state index contributed by atoms with van der Waals surface area (Å²) >= 11 is 0. The number of rotatable bonds is 11. The Morgan fingerprint density at radius 3 is 2.43 bits per heavy atom. The minimum atomic E-state index is -1.17. The molecule has 1 heterocycles. The number of anilines is 2. The first kappa shape index (κ1) is 21.7. The fraction of sp³-hybridized carbons (Fsp3) is 0.409. The third-order valence-corrected chi connectivity index (χ3v) is 5.02. The summed E-state index contributed by atoms with van der Waals surface area (Å²) in [5.74, 6) is -0.490. The number of para-hydroxylation sites is 1. The minimum Gasteiger partial charge on any atom is -0.485 e. The van der Waals surface area contributed by atoms with Gasteiger partial charge in [-0.2, -0.15) is 0 Å². The first-order valence-electron chi connectivity index (χ1n) is 9.87. The molecule has 1 aromatic carbocycles. The molecule has 30 heavy (non-hydrogen) atoms. The minimum absolute atomic E-state index is 0.101. The Balaban J connectivity index is 2.08. The molecule has 0 atom stereocenters. The molecule has 1 fully saturated rings. The molecule has 0 bridgehead atoms. The average Bonchev–Trinajstić information content (AvgIpc) is 2.67. The van der Waals surface area contributed by atoms with Crippen LogP contribution in [0.15, 0.2) is 36.4 Å². The lowest BCUT2D eigenvalue weighted by atomic mass is 9.79. The van der Waals surface area contributed by atoms with E-state index in [-0.39, 0.29) is 30.6 Å². The largest absolute Gasteiger partial charge is 0.485 e. The number of nitrogens with one attached hydrogen (secondary N) is 2. The zero-order valence-electron chi connectivity index (χ0n) is 17.2. The lowest BCUT2D eigenvalue weighted by Gasteiger charge is -2.29. The van der Waals surface area contributed by atoms with Crippen molar-refractivity contribution in [3.8, 4) is 5.75 Å². The number of hydrogen-bond donors (Lipinski definition) is 3. The normalized spacial score (nSPS) is 13.7. The van der Waals surface area contributed by atoms with Gasteiger partial charge in [-0.3, -0.25) is 0 Å². The van der Waals surface area contributed by atoms with Crippen LogP contribution in [0, 0.1) is 11.3 Å². The van der Waals surface area contributed by atoms with Crippen LogP contribution in [0.2, 0.25) is 0 Å². The predicted molar refractivity (Wildman–Crippen MR) is 113 cm³/mol. The van der Waals surface area contributed by atoms with E-state index in [4.69, 9.17) is 19.6 Å². The first-order valence-corrected chi connectivity index (χ1v) is 9.87. The van der Waals surface area contributed by atoms with E-state index in [9.17, 15) is 9.90 Å². The third-order valence-electron chi connectivity index (χ3n) is 5.02. The summed E-state index contributed by atoms with van der Waals surface area (Å²) in [5, 5.41) is 21.5. The lowest BCUT2D eigenvalue weighted by Crippen LogP contribution is -2.30. The van der Waals surface area contributed by atoms with E-state index in [0.29, 0.717) is 17.1 Å². The van der Waals surface area contributed by atoms with Gasteiger partial charge in [-0.05, 0) is 25.0 Å². The lowest BCUT2D eigenvalue weighted by molar-refractivity contribution is 0.0242. The maximum atomic E-state index is 11.7. The second-order valence-electron chi connectivity index (χ2n) is 7.22. The smallest absolute Gasteiger partial charge is 0.354 e. The monoisotopic (exact) mass is 413 g/mol. The number of pyridine rings is 1. The molecule has 1 aliphatic rings. The molecule has 3 N–H and O–H groups in total. The molecule has 160 valence electrons. The van der Waals surface area contributed by atoms with Gasteiger partial charge >= 0.3 is 5.97 Å². The number of methoxy groups -OCH3 is 2. The summed E-state index contributed by atoms with van der Waals surface area (Å²) in [6, 6.07) is 10.7. The highest BCUT2D eigenvalue weighted by atomic mass is 16.6. The van der Waals surface area contributed by atoms with Gasteiger partial charge in [0.05, 0.1) is 18.8 Å². The molecule has 0 aliphatic heterocycles. The highest BCUT2D eigenvalue weighted by molar-refractivity contribution is 6.07. The van der Waals surface area contributed by atoms with E-state index < -0.39 is 12.1 Å². The van der Waals surface area contributed by atoms with Crippen LogP contribution in [0.5, 0.6) is 5.75 Å². The number of aromatic carboxylic acids is 1. The highest BCUT2D eigenvalue weighted by Gasteiger charge is 2.30. The number of benzene rings is 1. The quantitative estimate of drug-likeness (QED) is 0.481. The van der Waals surface area contributed by atoms with Gasteiger partial charge in [-0.15, -0.1) is 0 Å². The molecule has 3 rings (SSSR count). The van der Waals surface area contributed by atoms with E-state index in [2.05, 4.69) is 10.3 Å².